The molecule has 0 heterocycles. The van der Waals surface area contributed by atoms with Gasteiger partial charge in [0.1, 0.15) is 18.3 Å². The minimum Gasteiger partial charge on any atom is -0.492 e. The van der Waals surface area contributed by atoms with E-state index < -0.39 is 28.5 Å². The molecule has 0 saturated carbocycles. The lowest BCUT2D eigenvalue weighted by Gasteiger charge is -2.32. The number of halogens is 1. The smallest absolute Gasteiger partial charge is 0.264 e. The number of aryl methyl sites for hydroxylation is 1. The van der Waals surface area contributed by atoms with Gasteiger partial charge in [0.15, 0.2) is 0 Å². The molecule has 3 rings (SSSR count). The lowest BCUT2D eigenvalue weighted by molar-refractivity contribution is -0.139. The van der Waals surface area contributed by atoms with Crippen LogP contribution >= 0.6 is 11.6 Å². The quantitative estimate of drug-likeness (QED) is 0.244. The van der Waals surface area contributed by atoms with Crippen molar-refractivity contribution in [3.8, 4) is 5.75 Å². The number of nitrogens with zero attached hydrogens (tertiary/aromatic N) is 2. The van der Waals surface area contributed by atoms with Gasteiger partial charge in [-0.25, -0.2) is 8.42 Å². The van der Waals surface area contributed by atoms with Crippen molar-refractivity contribution in [1.82, 2.24) is 10.2 Å². The Bertz CT molecular complexity index is 1430. The monoisotopic (exact) mass is 599 g/mol. The highest BCUT2D eigenvalue weighted by atomic mass is 35.5. The van der Waals surface area contributed by atoms with Gasteiger partial charge in [-0.1, -0.05) is 66.9 Å². The van der Waals surface area contributed by atoms with Gasteiger partial charge in [-0.3, -0.25) is 13.9 Å². The molecule has 0 aliphatic rings. The molecule has 3 aromatic rings. The maximum absolute atomic E-state index is 14.1. The standard InChI is InChI=1S/C31H38ClN3O5S/c1-5-7-19-33-31(37)24(4)34(21-25-11-10-12-26(32)20-25)30(36)22-35(28-13-8-9-14-29(28)40-6-2)41(38,39)27-17-15-23(3)16-18-27/h8-18,20,24H,5-7,19,21-22H2,1-4H3,(H,33,37). The van der Waals surface area contributed by atoms with Crippen molar-refractivity contribution >= 4 is 39.1 Å². The largest absolute Gasteiger partial charge is 0.492 e. The summed E-state index contributed by atoms with van der Waals surface area (Å²) < 4.78 is 34.9. The first-order valence-corrected chi connectivity index (χ1v) is 15.5. The number of hydrogen-bond acceptors (Lipinski definition) is 5. The Morgan fingerprint density at radius 1 is 1.00 bits per heavy atom. The number of unbranched alkanes of at least 4 members (excludes halogenated alkanes) is 1. The van der Waals surface area contributed by atoms with E-state index in [0.29, 0.717) is 29.5 Å². The van der Waals surface area contributed by atoms with Crippen LogP contribution in [-0.4, -0.2) is 50.9 Å². The number of ether oxygens (including phenoxy) is 1. The zero-order valence-corrected chi connectivity index (χ0v) is 25.5. The third-order valence-electron chi connectivity index (χ3n) is 6.56. The van der Waals surface area contributed by atoms with Gasteiger partial charge in [-0.2, -0.15) is 0 Å². The van der Waals surface area contributed by atoms with E-state index in [0.717, 1.165) is 22.7 Å². The van der Waals surface area contributed by atoms with E-state index in [2.05, 4.69) is 5.32 Å². The number of rotatable bonds is 14. The highest BCUT2D eigenvalue weighted by Crippen LogP contribution is 2.33. The lowest BCUT2D eigenvalue weighted by Crippen LogP contribution is -2.51. The van der Waals surface area contributed by atoms with Gasteiger partial charge < -0.3 is 15.0 Å². The van der Waals surface area contributed by atoms with Crippen LogP contribution in [-0.2, 0) is 26.2 Å². The summed E-state index contributed by atoms with van der Waals surface area (Å²) in [5.74, 6) is -0.549. The van der Waals surface area contributed by atoms with Crippen LogP contribution in [0.15, 0.2) is 77.7 Å². The Hall–Kier alpha value is -3.56. The van der Waals surface area contributed by atoms with E-state index >= 15 is 0 Å². The summed E-state index contributed by atoms with van der Waals surface area (Å²) in [6.45, 7) is 7.62. The highest BCUT2D eigenvalue weighted by Gasteiger charge is 2.33. The maximum Gasteiger partial charge on any atom is 0.264 e. The summed E-state index contributed by atoms with van der Waals surface area (Å²) in [5.41, 5.74) is 1.84. The molecule has 0 radical (unpaired) electrons. The van der Waals surface area contributed by atoms with E-state index in [1.807, 2.05) is 13.8 Å². The first-order valence-electron chi connectivity index (χ1n) is 13.7. The van der Waals surface area contributed by atoms with Crippen LogP contribution in [0.4, 0.5) is 5.69 Å². The number of para-hydroxylation sites is 2. The molecule has 0 bridgehead atoms. The van der Waals surface area contributed by atoms with Crippen LogP contribution < -0.4 is 14.4 Å². The average molecular weight is 600 g/mol. The number of carbonyl (C=O) groups is 2. The molecule has 220 valence electrons. The van der Waals surface area contributed by atoms with E-state index in [4.69, 9.17) is 16.3 Å². The van der Waals surface area contributed by atoms with Crippen molar-refractivity contribution in [2.45, 2.75) is 58.0 Å². The number of sulfonamides is 1. The van der Waals surface area contributed by atoms with Crippen molar-refractivity contribution in [1.29, 1.82) is 0 Å². The Labute approximate surface area is 248 Å². The summed E-state index contributed by atoms with van der Waals surface area (Å²) in [4.78, 5) is 28.6. The molecule has 10 heteroatoms. The van der Waals surface area contributed by atoms with Crippen LogP contribution in [0.25, 0.3) is 0 Å². The van der Waals surface area contributed by atoms with Crippen LogP contribution in [0, 0.1) is 6.92 Å². The number of benzene rings is 3. The van der Waals surface area contributed by atoms with Crippen LogP contribution in [0.3, 0.4) is 0 Å². The van der Waals surface area contributed by atoms with Crippen molar-refractivity contribution in [3.63, 3.8) is 0 Å². The molecule has 41 heavy (non-hydrogen) atoms. The molecular weight excluding hydrogens is 562 g/mol. The number of hydrogen-bond donors (Lipinski definition) is 1. The zero-order chi connectivity index (χ0) is 30.0. The predicted molar refractivity (Wildman–Crippen MR) is 163 cm³/mol. The number of nitrogens with one attached hydrogen (secondary N) is 1. The molecule has 0 fully saturated rings. The summed E-state index contributed by atoms with van der Waals surface area (Å²) >= 11 is 6.20. The molecule has 1 unspecified atom stereocenters. The van der Waals surface area contributed by atoms with Gasteiger partial charge in [0.2, 0.25) is 11.8 Å². The van der Waals surface area contributed by atoms with E-state index in [-0.39, 0.29) is 23.0 Å². The molecule has 1 N–H and O–H groups in total. The SMILES string of the molecule is CCCCNC(=O)C(C)N(Cc1cccc(Cl)c1)C(=O)CN(c1ccccc1OCC)S(=O)(=O)c1ccc(C)cc1. The molecule has 0 aromatic heterocycles. The fourth-order valence-corrected chi connectivity index (χ4v) is 5.88. The molecule has 2 amide bonds. The van der Waals surface area contributed by atoms with Gasteiger partial charge in [-0.15, -0.1) is 0 Å². The van der Waals surface area contributed by atoms with Gasteiger partial charge in [-0.05, 0) is 69.2 Å². The summed E-state index contributed by atoms with van der Waals surface area (Å²) in [6, 6.07) is 19.3. The predicted octanol–water partition coefficient (Wildman–Crippen LogP) is 5.58. The van der Waals surface area contributed by atoms with Gasteiger partial charge >= 0.3 is 0 Å². The fraction of sp³-hybridized carbons (Fsp3) is 0.355. The number of anilines is 1. The topological polar surface area (TPSA) is 96.0 Å². The molecule has 0 spiro atoms. The first-order chi connectivity index (χ1) is 19.6. The van der Waals surface area contributed by atoms with Crippen LogP contribution in [0.5, 0.6) is 5.75 Å². The molecule has 1 atom stereocenters. The zero-order valence-electron chi connectivity index (χ0n) is 24.0. The summed E-state index contributed by atoms with van der Waals surface area (Å²) in [6.07, 6.45) is 1.71. The highest BCUT2D eigenvalue weighted by molar-refractivity contribution is 7.92. The molecule has 0 aliphatic carbocycles. The minimum atomic E-state index is -4.20. The Morgan fingerprint density at radius 3 is 2.37 bits per heavy atom. The molecule has 0 aliphatic heterocycles. The van der Waals surface area contributed by atoms with Gasteiger partial charge in [0.05, 0.1) is 17.2 Å². The van der Waals surface area contributed by atoms with Crippen LogP contribution in [0.2, 0.25) is 5.02 Å². The van der Waals surface area contributed by atoms with Crippen molar-refractivity contribution in [2.24, 2.45) is 0 Å². The van der Waals surface area contributed by atoms with Crippen molar-refractivity contribution in [2.75, 3.05) is 24.0 Å². The summed E-state index contributed by atoms with van der Waals surface area (Å²) in [7, 11) is -4.20. The van der Waals surface area contributed by atoms with Crippen molar-refractivity contribution < 1.29 is 22.7 Å². The molecule has 3 aromatic carbocycles. The van der Waals surface area contributed by atoms with Crippen LogP contribution in [0.1, 0.15) is 44.7 Å². The fourth-order valence-electron chi connectivity index (χ4n) is 4.24. The number of amides is 2. The van der Waals surface area contributed by atoms with Crippen molar-refractivity contribution in [3.05, 3.63) is 88.9 Å². The van der Waals surface area contributed by atoms with E-state index in [1.165, 1.54) is 17.0 Å². The molecule has 0 saturated heterocycles. The first kappa shape index (κ1) is 32.0. The normalized spacial score (nSPS) is 11.9. The summed E-state index contributed by atoms with van der Waals surface area (Å²) in [5, 5.41) is 3.37. The second-order valence-electron chi connectivity index (χ2n) is 9.70. The average Bonchev–Trinajstić information content (AvgIpc) is 2.95. The second-order valence-corrected chi connectivity index (χ2v) is 12.0. The molecule has 8 nitrogen and oxygen atoms in total. The Morgan fingerprint density at radius 2 is 1.71 bits per heavy atom. The minimum absolute atomic E-state index is 0.0361. The van der Waals surface area contributed by atoms with Gasteiger partial charge in [0, 0.05) is 18.1 Å². The Balaban J connectivity index is 2.05. The lowest BCUT2D eigenvalue weighted by atomic mass is 10.1. The third-order valence-corrected chi connectivity index (χ3v) is 8.57. The third kappa shape index (κ3) is 8.47. The number of carbonyl (C=O) groups excluding carboxylic acids is 2. The molecular formula is C31H38ClN3O5S. The van der Waals surface area contributed by atoms with Gasteiger partial charge in [0.25, 0.3) is 10.0 Å². The van der Waals surface area contributed by atoms with E-state index in [9.17, 15) is 18.0 Å². The van der Waals surface area contributed by atoms with E-state index in [1.54, 1.807) is 74.5 Å². The second kappa shape index (κ2) is 14.9. The Kier molecular flexibility index (Phi) is 11.6. The maximum atomic E-state index is 14.1.